The van der Waals surface area contributed by atoms with Gasteiger partial charge in [0, 0.05) is 27.1 Å². The number of aromatic nitrogens is 2. The molecule has 0 atom stereocenters. The van der Waals surface area contributed by atoms with Gasteiger partial charge in [-0.15, -0.1) is 0 Å². The van der Waals surface area contributed by atoms with Crippen LogP contribution in [0.2, 0.25) is 0 Å². The lowest BCUT2D eigenvalue weighted by Gasteiger charge is -2.18. The van der Waals surface area contributed by atoms with Gasteiger partial charge in [0.15, 0.2) is 0 Å². The fraction of sp³-hybridized carbons (Fsp3) is 0. The number of nitrogens with zero attached hydrogens (tertiary/aromatic N) is 5. The number of hydrogen-bond donors (Lipinski definition) is 0. The van der Waals surface area contributed by atoms with Crippen LogP contribution in [0.5, 0.6) is 0 Å². The van der Waals surface area contributed by atoms with Crippen molar-refractivity contribution < 1.29 is 0 Å². The van der Waals surface area contributed by atoms with E-state index in [1.54, 1.807) is 0 Å². The van der Waals surface area contributed by atoms with E-state index < -0.39 is 0 Å². The fourth-order valence-electron chi connectivity index (χ4n) is 7.51. The van der Waals surface area contributed by atoms with Crippen molar-refractivity contribution in [3.8, 4) is 51.8 Å². The van der Waals surface area contributed by atoms with E-state index in [0.717, 1.165) is 77.2 Å². The predicted octanol–water partition coefficient (Wildman–Crippen LogP) is 10.8. The van der Waals surface area contributed by atoms with E-state index in [4.69, 9.17) is 0 Å². The van der Waals surface area contributed by atoms with Crippen LogP contribution in [0.15, 0.2) is 152 Å². The highest BCUT2D eigenvalue weighted by molar-refractivity contribution is 6.12. The minimum absolute atomic E-state index is 0.518. The summed E-state index contributed by atoms with van der Waals surface area (Å²) >= 11 is 0. The van der Waals surface area contributed by atoms with Crippen molar-refractivity contribution in [3.63, 3.8) is 0 Å². The van der Waals surface area contributed by atoms with Crippen LogP contribution in [-0.2, 0) is 0 Å². The van der Waals surface area contributed by atoms with E-state index in [1.807, 2.05) is 84.9 Å². The SMILES string of the molecule is N#Cc1ccc2c(c1)c1ccccc1n2-c1ccccc1-c1ccccc1-c1ccc(C#N)c(-n2c3ccccc3c3cccc(C#N)c32)c1. The van der Waals surface area contributed by atoms with Gasteiger partial charge in [-0.1, -0.05) is 97.1 Å². The third kappa shape index (κ3) is 4.24. The molecule has 0 unspecified atom stereocenters. The molecule has 9 rings (SSSR count). The molecule has 0 fully saturated rings. The van der Waals surface area contributed by atoms with Crippen LogP contribution < -0.4 is 0 Å². The summed E-state index contributed by atoms with van der Waals surface area (Å²) in [5, 5.41) is 34.3. The minimum Gasteiger partial charge on any atom is -0.309 e. The maximum atomic E-state index is 10.4. The van der Waals surface area contributed by atoms with Crippen molar-refractivity contribution in [3.05, 3.63) is 168 Å². The van der Waals surface area contributed by atoms with Gasteiger partial charge in [0.25, 0.3) is 0 Å². The number of nitriles is 3. The highest BCUT2D eigenvalue weighted by Crippen LogP contribution is 2.41. The Morgan fingerprint density at radius 2 is 1.00 bits per heavy atom. The molecule has 0 saturated carbocycles. The second-order valence-electron chi connectivity index (χ2n) is 12.3. The molecule has 2 heterocycles. The summed E-state index contributed by atoms with van der Waals surface area (Å²) < 4.78 is 4.35. The first-order valence-electron chi connectivity index (χ1n) is 16.3. The lowest BCUT2D eigenvalue weighted by molar-refractivity contribution is 1.16. The van der Waals surface area contributed by atoms with Crippen LogP contribution in [0.3, 0.4) is 0 Å². The number of para-hydroxylation sites is 4. The molecular formula is C45H25N5. The van der Waals surface area contributed by atoms with Gasteiger partial charge < -0.3 is 9.13 Å². The van der Waals surface area contributed by atoms with Crippen molar-refractivity contribution in [2.75, 3.05) is 0 Å². The lowest BCUT2D eigenvalue weighted by atomic mass is 9.92. The number of hydrogen-bond acceptors (Lipinski definition) is 3. The maximum Gasteiger partial charge on any atom is 0.101 e. The molecule has 0 amide bonds. The van der Waals surface area contributed by atoms with Crippen LogP contribution in [0.1, 0.15) is 16.7 Å². The zero-order chi connectivity index (χ0) is 33.8. The molecule has 0 saturated heterocycles. The largest absolute Gasteiger partial charge is 0.309 e. The fourth-order valence-corrected chi connectivity index (χ4v) is 7.51. The topological polar surface area (TPSA) is 81.2 Å². The van der Waals surface area contributed by atoms with Gasteiger partial charge in [-0.05, 0) is 71.3 Å². The normalized spacial score (nSPS) is 11.1. The standard InChI is InChI=1S/C45H25N5/c46-26-29-20-23-43-39(24-29)37-15-5-7-18-41(37)49(43)40-17-6-3-13-35(40)34-12-2-1-11-33(34)30-21-22-31(27-47)44(25-30)50-42-19-8-4-14-36(42)38-16-9-10-32(28-48)45(38)50/h1-25H. The van der Waals surface area contributed by atoms with Gasteiger partial charge in [0.1, 0.15) is 12.1 Å². The van der Waals surface area contributed by atoms with E-state index in [1.165, 1.54) is 0 Å². The van der Waals surface area contributed by atoms with Crippen LogP contribution in [0, 0.1) is 34.0 Å². The summed E-state index contributed by atoms with van der Waals surface area (Å²) in [5.74, 6) is 0. The Labute approximate surface area is 287 Å². The molecular weight excluding hydrogens is 611 g/mol. The molecule has 5 heteroatoms. The third-order valence-electron chi connectivity index (χ3n) is 9.65. The van der Waals surface area contributed by atoms with Gasteiger partial charge >= 0.3 is 0 Å². The Balaban J connectivity index is 1.30. The summed E-state index contributed by atoms with van der Waals surface area (Å²) in [6.07, 6.45) is 0. The molecule has 0 radical (unpaired) electrons. The van der Waals surface area contributed by atoms with Crippen molar-refractivity contribution in [2.45, 2.75) is 0 Å². The molecule has 0 bridgehead atoms. The Morgan fingerprint density at radius 1 is 0.380 bits per heavy atom. The minimum atomic E-state index is 0.518. The zero-order valence-corrected chi connectivity index (χ0v) is 26.7. The zero-order valence-electron chi connectivity index (χ0n) is 26.7. The molecule has 0 spiro atoms. The summed E-state index contributed by atoms with van der Waals surface area (Å²) in [4.78, 5) is 0. The lowest BCUT2D eigenvalue weighted by Crippen LogP contribution is -2.00. The molecule has 5 nitrogen and oxygen atoms in total. The number of fused-ring (bicyclic) bond motifs is 6. The van der Waals surface area contributed by atoms with E-state index in [9.17, 15) is 15.8 Å². The van der Waals surface area contributed by atoms with Crippen molar-refractivity contribution in [2.24, 2.45) is 0 Å². The second kappa shape index (κ2) is 11.4. The van der Waals surface area contributed by atoms with E-state index in [-0.39, 0.29) is 0 Å². The average Bonchev–Trinajstić information content (AvgIpc) is 3.70. The number of rotatable bonds is 4. The van der Waals surface area contributed by atoms with Gasteiger partial charge in [-0.3, -0.25) is 0 Å². The van der Waals surface area contributed by atoms with Gasteiger partial charge in [-0.25, -0.2) is 0 Å². The van der Waals surface area contributed by atoms with E-state index in [0.29, 0.717) is 16.7 Å². The molecule has 7 aromatic carbocycles. The molecule has 230 valence electrons. The first kappa shape index (κ1) is 28.8. The molecule has 2 aromatic heterocycles. The summed E-state index contributed by atoms with van der Waals surface area (Å²) in [5.41, 5.74) is 11.3. The van der Waals surface area contributed by atoms with E-state index in [2.05, 4.69) is 94.1 Å². The van der Waals surface area contributed by atoms with Crippen LogP contribution >= 0.6 is 0 Å². The summed E-state index contributed by atoms with van der Waals surface area (Å²) in [6.45, 7) is 0. The molecule has 0 aliphatic rings. The smallest absolute Gasteiger partial charge is 0.101 e. The van der Waals surface area contributed by atoms with Crippen LogP contribution in [0.4, 0.5) is 0 Å². The summed E-state index contributed by atoms with van der Waals surface area (Å²) in [6, 6.07) is 57.9. The molecule has 0 N–H and O–H groups in total. The monoisotopic (exact) mass is 635 g/mol. The predicted molar refractivity (Wildman–Crippen MR) is 200 cm³/mol. The van der Waals surface area contributed by atoms with Crippen molar-refractivity contribution in [1.82, 2.24) is 9.13 Å². The first-order valence-corrected chi connectivity index (χ1v) is 16.3. The van der Waals surface area contributed by atoms with Gasteiger partial charge in [-0.2, -0.15) is 15.8 Å². The number of benzene rings is 7. The Morgan fingerprint density at radius 3 is 1.76 bits per heavy atom. The molecule has 9 aromatic rings. The molecule has 0 aliphatic carbocycles. The third-order valence-corrected chi connectivity index (χ3v) is 9.65. The second-order valence-corrected chi connectivity index (χ2v) is 12.3. The Hall–Kier alpha value is -7.39. The molecule has 50 heavy (non-hydrogen) atoms. The van der Waals surface area contributed by atoms with Gasteiger partial charge in [0.05, 0.1) is 56.2 Å². The van der Waals surface area contributed by atoms with Gasteiger partial charge in [0.2, 0.25) is 0 Å². The average molecular weight is 636 g/mol. The Bertz CT molecular complexity index is 2970. The maximum absolute atomic E-state index is 10.4. The molecule has 0 aliphatic heterocycles. The quantitative estimate of drug-likeness (QED) is 0.193. The van der Waals surface area contributed by atoms with Crippen LogP contribution in [-0.4, -0.2) is 9.13 Å². The summed E-state index contributed by atoms with van der Waals surface area (Å²) in [7, 11) is 0. The van der Waals surface area contributed by atoms with Crippen LogP contribution in [0.25, 0.3) is 77.2 Å². The van der Waals surface area contributed by atoms with E-state index >= 15 is 0 Å². The highest BCUT2D eigenvalue weighted by atomic mass is 15.0. The van der Waals surface area contributed by atoms with Crippen molar-refractivity contribution in [1.29, 1.82) is 15.8 Å². The van der Waals surface area contributed by atoms with Crippen molar-refractivity contribution >= 4 is 43.6 Å². The first-order chi connectivity index (χ1) is 24.7. The highest BCUT2D eigenvalue weighted by Gasteiger charge is 2.21. The Kier molecular flexibility index (Phi) is 6.56.